The summed E-state index contributed by atoms with van der Waals surface area (Å²) in [6, 6.07) is 3.61. The first-order valence-electron chi connectivity index (χ1n) is 13.8. The summed E-state index contributed by atoms with van der Waals surface area (Å²) < 4.78 is 28.1. The van der Waals surface area contributed by atoms with Gasteiger partial charge in [0.15, 0.2) is 0 Å². The number of methoxy groups -OCH3 is 1. The van der Waals surface area contributed by atoms with Gasteiger partial charge in [0, 0.05) is 41.2 Å². The quantitative estimate of drug-likeness (QED) is 0.262. The summed E-state index contributed by atoms with van der Waals surface area (Å²) in [7, 11) is 1.68. The lowest BCUT2D eigenvalue weighted by atomic mass is 9.79. The summed E-state index contributed by atoms with van der Waals surface area (Å²) in [5.41, 5.74) is 3.47. The molecule has 1 saturated heterocycles. The van der Waals surface area contributed by atoms with Gasteiger partial charge in [0.05, 0.1) is 28.9 Å². The van der Waals surface area contributed by atoms with Crippen LogP contribution in [0.15, 0.2) is 33.8 Å². The Bertz CT molecular complexity index is 1560. The lowest BCUT2D eigenvalue weighted by molar-refractivity contribution is 0.117. The third-order valence-electron chi connectivity index (χ3n) is 8.61. The monoisotopic (exact) mass is 661 g/mol. The molecule has 2 aliphatic rings. The number of ether oxygens (including phenoxy) is 1. The molecule has 0 amide bonds. The highest BCUT2D eigenvalue weighted by molar-refractivity contribution is 14.1. The fraction of sp³-hybridized carbons (Fsp3) is 0.536. The molecule has 10 nitrogen and oxygen atoms in total. The molecule has 0 radical (unpaired) electrons. The van der Waals surface area contributed by atoms with Crippen molar-refractivity contribution in [3.63, 3.8) is 0 Å². The number of rotatable bonds is 7. The minimum atomic E-state index is -0.658. The van der Waals surface area contributed by atoms with E-state index in [-0.39, 0.29) is 24.0 Å². The summed E-state index contributed by atoms with van der Waals surface area (Å²) in [6.45, 7) is 4.64. The Morgan fingerprint density at radius 2 is 2.02 bits per heavy atom. The number of imidazole rings is 1. The van der Waals surface area contributed by atoms with Crippen LogP contribution in [-0.4, -0.2) is 62.1 Å². The minimum absolute atomic E-state index is 0.0758. The summed E-state index contributed by atoms with van der Waals surface area (Å²) in [4.78, 5) is 31.0. The number of hydrogen-bond donors (Lipinski definition) is 1. The Hall–Kier alpha value is -2.87. The standard InChI is InChI=1S/C28H33FIN7O3/c1-15-4-6-17(7-5-15)16(2)37-25-22(33-27(37)36-14-21(39-3)9-20(36)11-29)10-23(26-34-28(38)40-35-26)32-24(25)18-8-19(30)13-31-12-18/h8,10,12-13,15-17,20-21H,4-7,9,11,14H2,1-3H3,(H,34,35,38)/t15?,16?,17?,20-,21?/m0/s1. The average molecular weight is 662 g/mol. The number of aromatic nitrogens is 6. The van der Waals surface area contributed by atoms with E-state index >= 15 is 0 Å². The number of hydrogen-bond acceptors (Lipinski definition) is 8. The molecule has 40 heavy (non-hydrogen) atoms. The molecule has 6 rings (SSSR count). The van der Waals surface area contributed by atoms with Gasteiger partial charge in [-0.25, -0.2) is 19.2 Å². The smallest absolute Gasteiger partial charge is 0.380 e. The Balaban J connectivity index is 1.61. The zero-order valence-electron chi connectivity index (χ0n) is 22.8. The van der Waals surface area contributed by atoms with Gasteiger partial charge in [-0.3, -0.25) is 14.5 Å². The lowest BCUT2D eigenvalue weighted by Gasteiger charge is -2.34. The number of pyridine rings is 2. The van der Waals surface area contributed by atoms with Crippen LogP contribution in [0.5, 0.6) is 0 Å². The van der Waals surface area contributed by atoms with Crippen molar-refractivity contribution in [2.45, 2.75) is 64.1 Å². The lowest BCUT2D eigenvalue weighted by Crippen LogP contribution is -2.35. The molecule has 4 aromatic heterocycles. The van der Waals surface area contributed by atoms with Crippen molar-refractivity contribution in [3.8, 4) is 22.8 Å². The molecule has 4 aromatic rings. The molecule has 212 valence electrons. The van der Waals surface area contributed by atoms with Crippen LogP contribution in [0.1, 0.15) is 52.0 Å². The van der Waals surface area contributed by atoms with Crippen molar-refractivity contribution in [1.82, 2.24) is 29.7 Å². The fourth-order valence-electron chi connectivity index (χ4n) is 6.32. The molecular weight excluding hydrogens is 628 g/mol. The van der Waals surface area contributed by atoms with Crippen molar-refractivity contribution < 1.29 is 13.7 Å². The van der Waals surface area contributed by atoms with Crippen molar-refractivity contribution in [1.29, 1.82) is 0 Å². The van der Waals surface area contributed by atoms with Gasteiger partial charge in [0.25, 0.3) is 0 Å². The van der Waals surface area contributed by atoms with Crippen LogP contribution in [0.25, 0.3) is 33.8 Å². The van der Waals surface area contributed by atoms with Gasteiger partial charge in [0.1, 0.15) is 12.4 Å². The molecule has 1 aliphatic carbocycles. The number of H-pyrrole nitrogens is 1. The van der Waals surface area contributed by atoms with Gasteiger partial charge < -0.3 is 14.2 Å². The first-order chi connectivity index (χ1) is 19.4. The zero-order valence-corrected chi connectivity index (χ0v) is 25.0. The number of anilines is 1. The highest BCUT2D eigenvalue weighted by Gasteiger charge is 2.38. The van der Waals surface area contributed by atoms with E-state index in [4.69, 9.17) is 19.2 Å². The van der Waals surface area contributed by atoms with Gasteiger partial charge in [-0.2, -0.15) is 0 Å². The van der Waals surface area contributed by atoms with Crippen LogP contribution in [0, 0.1) is 15.4 Å². The minimum Gasteiger partial charge on any atom is -0.380 e. The normalized spacial score (nSPS) is 24.2. The predicted octanol–water partition coefficient (Wildman–Crippen LogP) is 5.39. The van der Waals surface area contributed by atoms with Crippen LogP contribution in [0.3, 0.4) is 0 Å². The van der Waals surface area contributed by atoms with Gasteiger partial charge >= 0.3 is 5.76 Å². The molecule has 12 heteroatoms. The largest absolute Gasteiger partial charge is 0.439 e. The van der Waals surface area contributed by atoms with E-state index in [2.05, 4.69) is 61.0 Å². The molecule has 5 heterocycles. The van der Waals surface area contributed by atoms with Crippen molar-refractivity contribution >= 4 is 39.6 Å². The van der Waals surface area contributed by atoms with E-state index in [0.29, 0.717) is 35.8 Å². The van der Waals surface area contributed by atoms with Crippen LogP contribution >= 0.6 is 22.6 Å². The van der Waals surface area contributed by atoms with Crippen LogP contribution in [-0.2, 0) is 4.74 Å². The maximum atomic E-state index is 14.4. The van der Waals surface area contributed by atoms with Gasteiger partial charge in [0.2, 0.25) is 11.8 Å². The van der Waals surface area contributed by atoms with Gasteiger partial charge in [-0.1, -0.05) is 24.9 Å². The van der Waals surface area contributed by atoms with E-state index in [1.54, 1.807) is 19.5 Å². The van der Waals surface area contributed by atoms with Crippen molar-refractivity contribution in [2.75, 3.05) is 25.2 Å². The Kier molecular flexibility index (Phi) is 7.64. The number of aromatic amines is 1. The molecule has 3 atom stereocenters. The number of alkyl halides is 1. The van der Waals surface area contributed by atoms with E-state index in [9.17, 15) is 9.18 Å². The van der Waals surface area contributed by atoms with E-state index in [1.807, 2.05) is 12.1 Å². The Labute approximate surface area is 244 Å². The molecule has 0 aromatic carbocycles. The van der Waals surface area contributed by atoms with Gasteiger partial charge in [-0.05, 0) is 72.7 Å². The molecule has 0 spiro atoms. The third-order valence-corrected chi connectivity index (χ3v) is 9.20. The molecule has 0 bridgehead atoms. The number of fused-ring (bicyclic) bond motifs is 1. The number of halogens is 2. The summed E-state index contributed by atoms with van der Waals surface area (Å²) >= 11 is 2.24. The van der Waals surface area contributed by atoms with Crippen molar-refractivity contribution in [2.24, 2.45) is 11.8 Å². The molecule has 2 fully saturated rings. The highest BCUT2D eigenvalue weighted by Crippen LogP contribution is 2.43. The fourth-order valence-corrected chi connectivity index (χ4v) is 6.81. The Morgan fingerprint density at radius 1 is 1.23 bits per heavy atom. The highest BCUT2D eigenvalue weighted by atomic mass is 127. The zero-order chi connectivity index (χ0) is 28.0. The predicted molar refractivity (Wildman–Crippen MR) is 158 cm³/mol. The maximum Gasteiger partial charge on any atom is 0.439 e. The van der Waals surface area contributed by atoms with Crippen LogP contribution in [0.4, 0.5) is 10.3 Å². The van der Waals surface area contributed by atoms with E-state index < -0.39 is 12.4 Å². The second kappa shape index (κ2) is 11.2. The Morgan fingerprint density at radius 3 is 2.70 bits per heavy atom. The number of nitrogens with zero attached hydrogens (tertiary/aromatic N) is 6. The molecular formula is C28H33FIN7O3. The SMILES string of the molecule is COC1C[C@@H](CF)N(c2nc3cc(-c4noc(=O)[nH]4)nc(-c4cncc(I)c4)c3n2C(C)C2CCC(C)CC2)C1. The second-order valence-electron chi connectivity index (χ2n) is 11.2. The van der Waals surface area contributed by atoms with E-state index in [0.717, 1.165) is 39.4 Å². The molecule has 1 N–H and O–H groups in total. The third kappa shape index (κ3) is 5.04. The maximum absolute atomic E-state index is 14.4. The number of nitrogens with one attached hydrogen (secondary N) is 1. The average Bonchev–Trinajstić information content (AvgIpc) is 3.68. The van der Waals surface area contributed by atoms with Crippen LogP contribution in [0.2, 0.25) is 0 Å². The molecule has 1 aliphatic heterocycles. The van der Waals surface area contributed by atoms with Gasteiger partial charge in [-0.15, -0.1) is 0 Å². The summed E-state index contributed by atoms with van der Waals surface area (Å²) in [5.74, 6) is 1.45. The topological polar surface area (TPSA) is 115 Å². The van der Waals surface area contributed by atoms with E-state index in [1.165, 1.54) is 12.8 Å². The molecule has 2 unspecified atom stereocenters. The first-order valence-corrected chi connectivity index (χ1v) is 14.9. The molecule has 1 saturated carbocycles. The van der Waals surface area contributed by atoms with Crippen molar-refractivity contribution in [3.05, 3.63) is 38.6 Å². The summed E-state index contributed by atoms with van der Waals surface area (Å²) in [6.07, 6.45) is 8.72. The summed E-state index contributed by atoms with van der Waals surface area (Å²) in [5, 5.41) is 3.88. The first kappa shape index (κ1) is 27.3. The second-order valence-corrected chi connectivity index (χ2v) is 12.4. The van der Waals surface area contributed by atoms with Crippen LogP contribution < -0.4 is 10.7 Å².